The third-order valence-electron chi connectivity index (χ3n) is 4.09. The molecular formula is C18H18BrN7O. The van der Waals surface area contributed by atoms with Gasteiger partial charge in [0.05, 0.1) is 31.7 Å². The highest BCUT2D eigenvalue weighted by Crippen LogP contribution is 2.30. The Morgan fingerprint density at radius 1 is 1.19 bits per heavy atom. The third-order valence-corrected chi connectivity index (χ3v) is 4.59. The minimum absolute atomic E-state index is 0.571. The van der Waals surface area contributed by atoms with Crippen LogP contribution in [0.2, 0.25) is 0 Å². The molecule has 0 aliphatic heterocycles. The fraction of sp³-hybridized carbons (Fsp3) is 0.222. The Bertz CT molecular complexity index is 1050. The number of nitrogens with one attached hydrogen (secondary N) is 1. The molecule has 3 aromatic heterocycles. The highest BCUT2D eigenvalue weighted by molar-refractivity contribution is 9.10. The summed E-state index contributed by atoms with van der Waals surface area (Å²) < 4.78 is 8.74. The maximum Gasteiger partial charge on any atom is 0.158 e. The molecule has 0 atom stereocenters. The van der Waals surface area contributed by atoms with Gasteiger partial charge in [-0.05, 0) is 25.1 Å². The number of nitrogens with zero attached hydrogens (tertiary/aromatic N) is 6. The van der Waals surface area contributed by atoms with Gasteiger partial charge < -0.3 is 10.1 Å². The van der Waals surface area contributed by atoms with E-state index in [-0.39, 0.29) is 0 Å². The number of anilines is 2. The third kappa shape index (κ3) is 3.92. The maximum absolute atomic E-state index is 5.95. The SMILES string of the molecule is Cc1c(OCCCn2nccn2)cn2ncnc(Nc3cccc(Br)c3)c12. The Morgan fingerprint density at radius 3 is 2.85 bits per heavy atom. The zero-order valence-corrected chi connectivity index (χ0v) is 16.3. The molecule has 3 heterocycles. The van der Waals surface area contributed by atoms with Crippen LogP contribution in [0.25, 0.3) is 5.52 Å². The van der Waals surface area contributed by atoms with Crippen molar-refractivity contribution in [2.75, 3.05) is 11.9 Å². The summed E-state index contributed by atoms with van der Waals surface area (Å²) in [6.45, 7) is 3.30. The summed E-state index contributed by atoms with van der Waals surface area (Å²) in [7, 11) is 0. The number of fused-ring (bicyclic) bond motifs is 1. The molecule has 0 spiro atoms. The molecule has 1 aromatic carbocycles. The first-order valence-electron chi connectivity index (χ1n) is 8.53. The Balaban J connectivity index is 1.51. The van der Waals surface area contributed by atoms with Gasteiger partial charge in [-0.3, -0.25) is 0 Å². The number of halogens is 1. The van der Waals surface area contributed by atoms with Crippen LogP contribution in [0, 0.1) is 6.92 Å². The van der Waals surface area contributed by atoms with Gasteiger partial charge in [0.25, 0.3) is 0 Å². The molecule has 0 fully saturated rings. The molecule has 4 aromatic rings. The monoisotopic (exact) mass is 427 g/mol. The van der Waals surface area contributed by atoms with E-state index < -0.39 is 0 Å². The number of rotatable bonds is 7. The number of ether oxygens (including phenoxy) is 1. The van der Waals surface area contributed by atoms with Gasteiger partial charge in [-0.1, -0.05) is 22.0 Å². The average Bonchev–Trinajstić information content (AvgIpc) is 3.28. The van der Waals surface area contributed by atoms with Gasteiger partial charge in [0, 0.05) is 22.1 Å². The van der Waals surface area contributed by atoms with Crippen LogP contribution in [0.4, 0.5) is 11.5 Å². The minimum atomic E-state index is 0.571. The van der Waals surface area contributed by atoms with E-state index in [2.05, 4.69) is 41.5 Å². The quantitative estimate of drug-likeness (QED) is 0.453. The Kier molecular flexibility index (Phi) is 5.01. The van der Waals surface area contributed by atoms with Crippen LogP contribution in [0.1, 0.15) is 12.0 Å². The molecular weight excluding hydrogens is 410 g/mol. The normalized spacial score (nSPS) is 11.0. The predicted octanol–water partition coefficient (Wildman–Crippen LogP) is 3.60. The van der Waals surface area contributed by atoms with Crippen LogP contribution in [-0.2, 0) is 6.54 Å². The van der Waals surface area contributed by atoms with Crippen LogP contribution >= 0.6 is 15.9 Å². The van der Waals surface area contributed by atoms with Gasteiger partial charge in [0.2, 0.25) is 0 Å². The zero-order valence-electron chi connectivity index (χ0n) is 14.7. The first kappa shape index (κ1) is 17.5. The Hall–Kier alpha value is -2.94. The van der Waals surface area contributed by atoms with E-state index in [0.29, 0.717) is 6.61 Å². The minimum Gasteiger partial charge on any atom is -0.492 e. The second kappa shape index (κ2) is 7.75. The smallest absolute Gasteiger partial charge is 0.158 e. The largest absolute Gasteiger partial charge is 0.492 e. The van der Waals surface area contributed by atoms with Crippen molar-refractivity contribution in [1.29, 1.82) is 0 Å². The molecule has 8 nitrogen and oxygen atoms in total. The van der Waals surface area contributed by atoms with E-state index >= 15 is 0 Å². The van der Waals surface area contributed by atoms with Gasteiger partial charge in [-0.2, -0.15) is 20.1 Å². The van der Waals surface area contributed by atoms with Crippen molar-refractivity contribution in [1.82, 2.24) is 29.6 Å². The highest BCUT2D eigenvalue weighted by atomic mass is 79.9. The average molecular weight is 428 g/mol. The lowest BCUT2D eigenvalue weighted by Crippen LogP contribution is -2.07. The topological polar surface area (TPSA) is 82.2 Å². The second-order valence-electron chi connectivity index (χ2n) is 5.98. The molecule has 4 rings (SSSR count). The molecule has 0 amide bonds. The van der Waals surface area contributed by atoms with Gasteiger partial charge in [0.15, 0.2) is 5.82 Å². The second-order valence-corrected chi connectivity index (χ2v) is 6.90. The van der Waals surface area contributed by atoms with Crippen molar-refractivity contribution >= 4 is 33.0 Å². The lowest BCUT2D eigenvalue weighted by molar-refractivity contribution is 0.292. The summed E-state index contributed by atoms with van der Waals surface area (Å²) in [4.78, 5) is 6.05. The lowest BCUT2D eigenvalue weighted by Gasteiger charge is -2.08. The fourth-order valence-corrected chi connectivity index (χ4v) is 3.22. The summed E-state index contributed by atoms with van der Waals surface area (Å²) in [6.07, 6.45) is 7.56. The molecule has 0 radical (unpaired) electrons. The predicted molar refractivity (Wildman–Crippen MR) is 105 cm³/mol. The summed E-state index contributed by atoms with van der Waals surface area (Å²) in [5, 5.41) is 15.8. The van der Waals surface area contributed by atoms with Crippen molar-refractivity contribution in [2.24, 2.45) is 0 Å². The molecule has 0 saturated heterocycles. The van der Waals surface area contributed by atoms with Gasteiger partial charge >= 0.3 is 0 Å². The molecule has 138 valence electrons. The summed E-state index contributed by atoms with van der Waals surface area (Å²) in [5.41, 5.74) is 2.83. The molecule has 0 bridgehead atoms. The van der Waals surface area contributed by atoms with E-state index in [0.717, 1.165) is 45.8 Å². The van der Waals surface area contributed by atoms with Crippen LogP contribution in [0.15, 0.2) is 53.7 Å². The highest BCUT2D eigenvalue weighted by Gasteiger charge is 2.14. The summed E-state index contributed by atoms with van der Waals surface area (Å²) >= 11 is 3.48. The number of hydrogen-bond acceptors (Lipinski definition) is 6. The van der Waals surface area contributed by atoms with Gasteiger partial charge in [-0.15, -0.1) is 0 Å². The molecule has 0 unspecified atom stereocenters. The van der Waals surface area contributed by atoms with Gasteiger partial charge in [0.1, 0.15) is 17.6 Å². The standard InChI is InChI=1S/C18H18BrN7O/c1-13-16(27-9-3-8-26-21-6-7-22-26)11-25-17(13)18(20-12-23-25)24-15-5-2-4-14(19)10-15/h2,4-7,10-12H,3,8-9H2,1H3,(H,20,23,24). The molecule has 27 heavy (non-hydrogen) atoms. The summed E-state index contributed by atoms with van der Waals surface area (Å²) in [5.74, 6) is 1.53. The molecule has 9 heteroatoms. The van der Waals surface area contributed by atoms with Gasteiger partial charge in [-0.25, -0.2) is 9.50 Å². The Labute approximate surface area is 164 Å². The van der Waals surface area contributed by atoms with Crippen molar-refractivity contribution in [3.63, 3.8) is 0 Å². The summed E-state index contributed by atoms with van der Waals surface area (Å²) in [6, 6.07) is 7.94. The van der Waals surface area contributed by atoms with Crippen LogP contribution in [-0.4, -0.2) is 36.2 Å². The first-order chi connectivity index (χ1) is 13.2. The van der Waals surface area contributed by atoms with E-state index in [1.807, 2.05) is 37.4 Å². The molecule has 0 saturated carbocycles. The Morgan fingerprint density at radius 2 is 2.04 bits per heavy atom. The number of aryl methyl sites for hydroxylation is 2. The van der Waals surface area contributed by atoms with E-state index in [9.17, 15) is 0 Å². The molecule has 1 N–H and O–H groups in total. The molecule has 0 aliphatic rings. The molecule has 0 aliphatic carbocycles. The van der Waals surface area contributed by atoms with E-state index in [1.54, 1.807) is 21.7 Å². The number of hydrogen-bond donors (Lipinski definition) is 1. The maximum atomic E-state index is 5.95. The first-order valence-corrected chi connectivity index (χ1v) is 9.32. The lowest BCUT2D eigenvalue weighted by atomic mass is 10.2. The van der Waals surface area contributed by atoms with Crippen molar-refractivity contribution in [3.8, 4) is 5.75 Å². The number of benzene rings is 1. The van der Waals surface area contributed by atoms with Crippen LogP contribution in [0.3, 0.4) is 0 Å². The van der Waals surface area contributed by atoms with E-state index in [4.69, 9.17) is 4.74 Å². The van der Waals surface area contributed by atoms with Crippen molar-refractivity contribution < 1.29 is 4.74 Å². The van der Waals surface area contributed by atoms with Crippen molar-refractivity contribution in [2.45, 2.75) is 19.9 Å². The fourth-order valence-electron chi connectivity index (χ4n) is 2.83. The van der Waals surface area contributed by atoms with Crippen LogP contribution < -0.4 is 10.1 Å². The zero-order chi connectivity index (χ0) is 18.6. The van der Waals surface area contributed by atoms with Crippen LogP contribution in [0.5, 0.6) is 5.75 Å². The number of aromatic nitrogens is 6. The van der Waals surface area contributed by atoms with Crippen molar-refractivity contribution in [3.05, 3.63) is 59.2 Å². The van der Waals surface area contributed by atoms with E-state index in [1.165, 1.54) is 6.33 Å².